The molecule has 1 aliphatic carbocycles. The van der Waals surface area contributed by atoms with Crippen molar-refractivity contribution in [1.29, 1.82) is 0 Å². The zero-order valence-corrected chi connectivity index (χ0v) is 18.4. The van der Waals surface area contributed by atoms with Crippen LogP contribution in [0.4, 0.5) is 0 Å². The van der Waals surface area contributed by atoms with E-state index in [1.54, 1.807) is 17.9 Å². The van der Waals surface area contributed by atoms with E-state index in [4.69, 9.17) is 16.3 Å². The lowest BCUT2D eigenvalue weighted by Crippen LogP contribution is -2.47. The van der Waals surface area contributed by atoms with Gasteiger partial charge < -0.3 is 9.30 Å². The van der Waals surface area contributed by atoms with Gasteiger partial charge in [0, 0.05) is 24.7 Å². The fourth-order valence-electron chi connectivity index (χ4n) is 4.19. The van der Waals surface area contributed by atoms with Crippen LogP contribution < -0.4 is 11.2 Å². The summed E-state index contributed by atoms with van der Waals surface area (Å²) in [5.41, 5.74) is 2.27. The Bertz CT molecular complexity index is 1370. The fourth-order valence-corrected chi connectivity index (χ4v) is 4.32. The number of benzene rings is 2. The molecule has 7 nitrogen and oxygen atoms in total. The normalized spacial score (nSPS) is 18.1. The Labute approximate surface area is 189 Å². The third kappa shape index (κ3) is 3.78. The number of halogens is 1. The van der Waals surface area contributed by atoms with Crippen molar-refractivity contribution in [3.63, 3.8) is 0 Å². The zero-order valence-electron chi connectivity index (χ0n) is 17.6. The molecule has 0 saturated heterocycles. The smallest absolute Gasteiger partial charge is 0.332 e. The fraction of sp³-hybridized carbons (Fsp3) is 0.292. The van der Waals surface area contributed by atoms with Crippen LogP contribution in [0.15, 0.2) is 70.5 Å². The number of aryl methyl sites for hydroxylation is 1. The molecule has 32 heavy (non-hydrogen) atoms. The van der Waals surface area contributed by atoms with Crippen LogP contribution in [0.3, 0.4) is 0 Å². The van der Waals surface area contributed by atoms with Crippen LogP contribution in [0, 0.1) is 0 Å². The molecule has 0 radical (unpaired) electrons. The predicted molar refractivity (Wildman–Crippen MR) is 123 cm³/mol. The number of imidazole rings is 1. The lowest BCUT2D eigenvalue weighted by molar-refractivity contribution is -0.0374. The molecule has 2 aromatic carbocycles. The van der Waals surface area contributed by atoms with Gasteiger partial charge >= 0.3 is 5.69 Å². The molecular weight excluding hydrogens is 428 g/mol. The summed E-state index contributed by atoms with van der Waals surface area (Å²) in [5.74, 6) is 0. The molecule has 0 bridgehead atoms. The Morgan fingerprint density at radius 3 is 2.47 bits per heavy atom. The number of rotatable bonds is 6. The van der Waals surface area contributed by atoms with Crippen LogP contribution in [0.2, 0.25) is 5.02 Å². The van der Waals surface area contributed by atoms with Crippen molar-refractivity contribution in [1.82, 2.24) is 18.7 Å². The second kappa shape index (κ2) is 8.41. The molecule has 0 unspecified atom stereocenters. The van der Waals surface area contributed by atoms with E-state index in [2.05, 4.69) is 4.98 Å². The highest BCUT2D eigenvalue weighted by Gasteiger charge is 2.34. The van der Waals surface area contributed by atoms with E-state index in [-0.39, 0.29) is 23.4 Å². The molecule has 0 N–H and O–H groups in total. The van der Waals surface area contributed by atoms with E-state index in [1.807, 2.05) is 54.6 Å². The van der Waals surface area contributed by atoms with Gasteiger partial charge in [-0.3, -0.25) is 13.9 Å². The summed E-state index contributed by atoms with van der Waals surface area (Å²) in [4.78, 5) is 30.7. The molecule has 8 heteroatoms. The third-order valence-corrected chi connectivity index (χ3v) is 6.33. The first-order chi connectivity index (χ1) is 15.5. The molecule has 0 aliphatic heterocycles. The van der Waals surface area contributed by atoms with Gasteiger partial charge in [-0.2, -0.15) is 0 Å². The van der Waals surface area contributed by atoms with Gasteiger partial charge in [-0.15, -0.1) is 0 Å². The quantitative estimate of drug-likeness (QED) is 0.450. The highest BCUT2D eigenvalue weighted by atomic mass is 35.5. The van der Waals surface area contributed by atoms with E-state index >= 15 is 0 Å². The van der Waals surface area contributed by atoms with Crippen molar-refractivity contribution >= 4 is 22.8 Å². The van der Waals surface area contributed by atoms with Crippen molar-refractivity contribution in [2.45, 2.75) is 38.1 Å². The first-order valence-corrected chi connectivity index (χ1v) is 11.0. The van der Waals surface area contributed by atoms with Crippen LogP contribution >= 0.6 is 11.6 Å². The molecule has 164 valence electrons. The van der Waals surface area contributed by atoms with Crippen molar-refractivity contribution in [2.24, 2.45) is 7.05 Å². The summed E-state index contributed by atoms with van der Waals surface area (Å²) in [5, 5.41) is 0.656. The molecule has 0 atom stereocenters. The van der Waals surface area contributed by atoms with Crippen molar-refractivity contribution < 1.29 is 4.74 Å². The largest absolute Gasteiger partial charge is 0.373 e. The van der Waals surface area contributed by atoms with Gasteiger partial charge in [0.1, 0.15) is 0 Å². The minimum absolute atomic E-state index is 0.0338. The molecular formula is C24H23ClN4O3. The molecule has 2 heterocycles. The number of aromatic nitrogens is 4. The summed E-state index contributed by atoms with van der Waals surface area (Å²) in [7, 11) is 1.66. The van der Waals surface area contributed by atoms with Crippen LogP contribution in [-0.2, 0) is 24.9 Å². The molecule has 1 saturated carbocycles. The molecule has 1 fully saturated rings. The summed E-state index contributed by atoms with van der Waals surface area (Å²) in [6, 6.07) is 17.2. The molecule has 4 aromatic rings. The predicted octanol–water partition coefficient (Wildman–Crippen LogP) is 3.52. The monoisotopic (exact) mass is 450 g/mol. The van der Waals surface area contributed by atoms with Gasteiger partial charge in [-0.05, 0) is 36.1 Å². The first kappa shape index (κ1) is 20.7. The summed E-state index contributed by atoms with van der Waals surface area (Å²) >= 11 is 5.98. The highest BCUT2D eigenvalue weighted by molar-refractivity contribution is 6.30. The average molecular weight is 451 g/mol. The Balaban J connectivity index is 1.39. The average Bonchev–Trinajstić information content (AvgIpc) is 3.19. The summed E-state index contributed by atoms with van der Waals surface area (Å²) < 4.78 is 10.6. The second-order valence-electron chi connectivity index (χ2n) is 8.23. The maximum absolute atomic E-state index is 13.4. The molecule has 1 aliphatic rings. The number of hydrogen-bond acceptors (Lipinski definition) is 4. The van der Waals surface area contributed by atoms with Gasteiger partial charge in [0.05, 0.1) is 19.0 Å². The second-order valence-corrected chi connectivity index (χ2v) is 8.67. The van der Waals surface area contributed by atoms with E-state index in [1.165, 1.54) is 9.13 Å². The first-order valence-electron chi connectivity index (χ1n) is 10.6. The van der Waals surface area contributed by atoms with Crippen molar-refractivity contribution in [3.8, 4) is 0 Å². The van der Waals surface area contributed by atoms with Crippen LogP contribution in [0.5, 0.6) is 0 Å². The maximum Gasteiger partial charge on any atom is 0.332 e. The van der Waals surface area contributed by atoms with Gasteiger partial charge in [0.2, 0.25) is 0 Å². The Kier molecular flexibility index (Phi) is 5.45. The maximum atomic E-state index is 13.4. The van der Waals surface area contributed by atoms with Crippen LogP contribution in [0.1, 0.15) is 30.0 Å². The molecule has 0 amide bonds. The standard InChI is InChI=1S/C24H23ClN4O3/c1-27-22-21(28(15-26-22)13-16-7-9-18(25)10-8-16)23(30)29(24(27)31)19-11-20(12-19)32-14-17-5-3-2-4-6-17/h2-10,15,19-20H,11-14H2,1H3. The zero-order chi connectivity index (χ0) is 22.2. The van der Waals surface area contributed by atoms with Crippen LogP contribution in [-0.4, -0.2) is 24.8 Å². The number of hydrogen-bond donors (Lipinski definition) is 0. The summed E-state index contributed by atoms with van der Waals surface area (Å²) in [6.45, 7) is 0.993. The van der Waals surface area contributed by atoms with E-state index in [0.29, 0.717) is 42.2 Å². The SMILES string of the molecule is Cn1c(=O)n(C2CC(OCc3ccccc3)C2)c(=O)c2c1ncn2Cc1ccc(Cl)cc1. The van der Waals surface area contributed by atoms with E-state index in [9.17, 15) is 9.59 Å². The Hall–Kier alpha value is -3.16. The Morgan fingerprint density at radius 1 is 1.03 bits per heavy atom. The molecule has 2 aromatic heterocycles. The topological polar surface area (TPSA) is 71.1 Å². The molecule has 5 rings (SSSR count). The lowest BCUT2D eigenvalue weighted by atomic mass is 9.89. The van der Waals surface area contributed by atoms with Gasteiger partial charge in [-0.1, -0.05) is 54.1 Å². The number of ether oxygens (including phenoxy) is 1. The Morgan fingerprint density at radius 2 is 1.75 bits per heavy atom. The van der Waals surface area contributed by atoms with Gasteiger partial charge in [0.25, 0.3) is 5.56 Å². The minimum atomic E-state index is -0.342. The third-order valence-electron chi connectivity index (χ3n) is 6.08. The molecule has 0 spiro atoms. The van der Waals surface area contributed by atoms with E-state index in [0.717, 1.165) is 11.1 Å². The highest BCUT2D eigenvalue weighted by Crippen LogP contribution is 2.33. The van der Waals surface area contributed by atoms with Crippen molar-refractivity contribution in [2.75, 3.05) is 0 Å². The minimum Gasteiger partial charge on any atom is -0.373 e. The lowest BCUT2D eigenvalue weighted by Gasteiger charge is -2.35. The van der Waals surface area contributed by atoms with Crippen molar-refractivity contribution in [3.05, 3.63) is 97.9 Å². The number of nitrogens with zero attached hydrogens (tertiary/aromatic N) is 4. The summed E-state index contributed by atoms with van der Waals surface area (Å²) in [6.07, 6.45) is 2.92. The number of fused-ring (bicyclic) bond motifs is 1. The van der Waals surface area contributed by atoms with Crippen LogP contribution in [0.25, 0.3) is 11.2 Å². The van der Waals surface area contributed by atoms with E-state index < -0.39 is 0 Å². The van der Waals surface area contributed by atoms with Gasteiger partial charge in [0.15, 0.2) is 11.2 Å². The van der Waals surface area contributed by atoms with Gasteiger partial charge in [-0.25, -0.2) is 9.78 Å².